The number of β-amino-alcohol motifs (C(OH)–C–C–N with tert-alkyl or cyclic N) is 1. The molecule has 3 atom stereocenters. The van der Waals surface area contributed by atoms with Crippen molar-refractivity contribution in [2.45, 2.75) is 45.0 Å². The van der Waals surface area contributed by atoms with Crippen molar-refractivity contribution in [3.8, 4) is 0 Å². The van der Waals surface area contributed by atoms with Crippen LogP contribution in [0.3, 0.4) is 0 Å². The van der Waals surface area contributed by atoms with E-state index in [9.17, 15) is 13.2 Å². The van der Waals surface area contributed by atoms with Crippen molar-refractivity contribution in [2.24, 2.45) is 5.92 Å². The molecule has 0 aromatic heterocycles. The van der Waals surface area contributed by atoms with Gasteiger partial charge in [0.25, 0.3) is 0 Å². The minimum atomic E-state index is -4.50. The lowest BCUT2D eigenvalue weighted by atomic mass is 9.92. The smallest absolute Gasteiger partial charge is 0.382 e. The van der Waals surface area contributed by atoms with Gasteiger partial charge in [-0.15, -0.1) is 0 Å². The van der Waals surface area contributed by atoms with E-state index in [1.807, 2.05) is 13.8 Å². The lowest BCUT2D eigenvalue weighted by molar-refractivity contribution is -0.210. The van der Waals surface area contributed by atoms with Crippen molar-refractivity contribution in [2.75, 3.05) is 13.1 Å². The standard InChI is InChI=1S/C10H18F3NO/c1-7-4-3-5-14(8(7)2)6-9(15)10(11,12)13/h7-9,15H,3-6H2,1-2H3. The summed E-state index contributed by atoms with van der Waals surface area (Å²) in [6.07, 6.45) is -4.75. The molecule has 0 spiro atoms. The number of aliphatic hydroxyl groups is 1. The number of rotatable bonds is 2. The second-order valence-electron chi connectivity index (χ2n) is 4.41. The van der Waals surface area contributed by atoms with Crippen molar-refractivity contribution in [3.05, 3.63) is 0 Å². The molecule has 0 amide bonds. The van der Waals surface area contributed by atoms with E-state index in [4.69, 9.17) is 5.11 Å². The van der Waals surface area contributed by atoms with Crippen LogP contribution in [0.5, 0.6) is 0 Å². The summed E-state index contributed by atoms with van der Waals surface area (Å²) < 4.78 is 36.5. The van der Waals surface area contributed by atoms with Crippen LogP contribution in [0, 0.1) is 5.92 Å². The molecule has 0 saturated carbocycles. The first kappa shape index (κ1) is 12.8. The molecule has 1 heterocycles. The Morgan fingerprint density at radius 3 is 2.53 bits per heavy atom. The average molecular weight is 225 g/mol. The van der Waals surface area contributed by atoms with E-state index in [0.29, 0.717) is 12.5 Å². The summed E-state index contributed by atoms with van der Waals surface area (Å²) in [7, 11) is 0. The summed E-state index contributed by atoms with van der Waals surface area (Å²) in [6.45, 7) is 4.32. The van der Waals surface area contributed by atoms with E-state index in [0.717, 1.165) is 12.8 Å². The Balaban J connectivity index is 2.50. The summed E-state index contributed by atoms with van der Waals surface area (Å²) in [4.78, 5) is 1.73. The maximum atomic E-state index is 12.2. The van der Waals surface area contributed by atoms with Crippen LogP contribution in [-0.4, -0.2) is 41.4 Å². The van der Waals surface area contributed by atoms with Gasteiger partial charge in [0.1, 0.15) is 0 Å². The van der Waals surface area contributed by atoms with Gasteiger partial charge in [0, 0.05) is 12.6 Å². The van der Waals surface area contributed by atoms with Gasteiger partial charge in [-0.25, -0.2) is 0 Å². The Morgan fingerprint density at radius 1 is 1.40 bits per heavy atom. The number of halogens is 3. The van der Waals surface area contributed by atoms with Crippen LogP contribution >= 0.6 is 0 Å². The van der Waals surface area contributed by atoms with E-state index in [-0.39, 0.29) is 12.6 Å². The van der Waals surface area contributed by atoms with Gasteiger partial charge in [0.2, 0.25) is 0 Å². The first-order valence-corrected chi connectivity index (χ1v) is 5.31. The number of hydrogen-bond donors (Lipinski definition) is 1. The Morgan fingerprint density at radius 2 is 2.00 bits per heavy atom. The molecule has 1 aliphatic rings. The Bertz CT molecular complexity index is 207. The molecule has 0 aromatic rings. The van der Waals surface area contributed by atoms with Gasteiger partial charge in [-0.3, -0.25) is 4.90 Å². The van der Waals surface area contributed by atoms with E-state index in [1.54, 1.807) is 4.90 Å². The molecule has 1 rings (SSSR count). The van der Waals surface area contributed by atoms with Crippen LogP contribution in [0.4, 0.5) is 13.2 Å². The van der Waals surface area contributed by atoms with Crippen molar-refractivity contribution >= 4 is 0 Å². The van der Waals surface area contributed by atoms with Gasteiger partial charge in [-0.2, -0.15) is 13.2 Å². The average Bonchev–Trinajstić information content (AvgIpc) is 2.11. The topological polar surface area (TPSA) is 23.5 Å². The van der Waals surface area contributed by atoms with Gasteiger partial charge < -0.3 is 5.11 Å². The number of alkyl halides is 3. The highest BCUT2D eigenvalue weighted by Crippen LogP contribution is 2.26. The van der Waals surface area contributed by atoms with Gasteiger partial charge in [-0.1, -0.05) is 6.92 Å². The van der Waals surface area contributed by atoms with Crippen LogP contribution in [0.15, 0.2) is 0 Å². The summed E-state index contributed by atoms with van der Waals surface area (Å²) in [5.74, 6) is 0.402. The highest BCUT2D eigenvalue weighted by molar-refractivity contribution is 4.81. The lowest BCUT2D eigenvalue weighted by Gasteiger charge is -2.39. The molecule has 90 valence electrons. The number of aliphatic hydroxyl groups excluding tert-OH is 1. The molecule has 3 unspecified atom stereocenters. The molecule has 1 aliphatic heterocycles. The third-order valence-corrected chi connectivity index (χ3v) is 3.29. The molecule has 0 bridgehead atoms. The van der Waals surface area contributed by atoms with E-state index >= 15 is 0 Å². The molecule has 0 radical (unpaired) electrons. The van der Waals surface area contributed by atoms with Gasteiger partial charge >= 0.3 is 6.18 Å². The molecule has 15 heavy (non-hydrogen) atoms. The summed E-state index contributed by atoms with van der Waals surface area (Å²) >= 11 is 0. The van der Waals surface area contributed by atoms with Crippen molar-refractivity contribution < 1.29 is 18.3 Å². The van der Waals surface area contributed by atoms with E-state index in [1.165, 1.54) is 0 Å². The van der Waals surface area contributed by atoms with Gasteiger partial charge in [0.05, 0.1) is 0 Å². The maximum absolute atomic E-state index is 12.2. The van der Waals surface area contributed by atoms with Crippen LogP contribution in [0.2, 0.25) is 0 Å². The zero-order valence-corrected chi connectivity index (χ0v) is 9.09. The van der Waals surface area contributed by atoms with Crippen LogP contribution < -0.4 is 0 Å². The molecule has 5 heteroatoms. The summed E-state index contributed by atoms with van der Waals surface area (Å²) in [5, 5.41) is 8.98. The Hall–Kier alpha value is -0.290. The zero-order valence-electron chi connectivity index (χ0n) is 9.09. The van der Waals surface area contributed by atoms with Gasteiger partial charge in [0.15, 0.2) is 6.10 Å². The molecule has 1 fully saturated rings. The molecule has 1 saturated heterocycles. The normalized spacial score (nSPS) is 31.6. The van der Waals surface area contributed by atoms with Crippen LogP contribution in [-0.2, 0) is 0 Å². The first-order valence-electron chi connectivity index (χ1n) is 5.31. The van der Waals surface area contributed by atoms with Gasteiger partial charge in [-0.05, 0) is 32.2 Å². The molecule has 0 aliphatic carbocycles. The quantitative estimate of drug-likeness (QED) is 0.777. The predicted molar refractivity (Wildman–Crippen MR) is 51.5 cm³/mol. The fourth-order valence-electron chi connectivity index (χ4n) is 2.00. The highest BCUT2D eigenvalue weighted by atomic mass is 19.4. The van der Waals surface area contributed by atoms with Crippen LogP contribution in [0.1, 0.15) is 26.7 Å². The monoisotopic (exact) mass is 225 g/mol. The zero-order chi connectivity index (χ0) is 11.6. The van der Waals surface area contributed by atoms with E-state index < -0.39 is 12.3 Å². The second-order valence-corrected chi connectivity index (χ2v) is 4.41. The lowest BCUT2D eigenvalue weighted by Crippen LogP contribution is -2.49. The second kappa shape index (κ2) is 4.70. The number of hydrogen-bond acceptors (Lipinski definition) is 2. The predicted octanol–water partition coefficient (Wildman–Crippen LogP) is 2.03. The third-order valence-electron chi connectivity index (χ3n) is 3.29. The molecular formula is C10H18F3NO. The molecule has 1 N–H and O–H groups in total. The van der Waals surface area contributed by atoms with E-state index in [2.05, 4.69) is 0 Å². The van der Waals surface area contributed by atoms with Crippen molar-refractivity contribution in [1.82, 2.24) is 4.90 Å². The molecule has 2 nitrogen and oxygen atoms in total. The minimum Gasteiger partial charge on any atom is -0.382 e. The van der Waals surface area contributed by atoms with Crippen molar-refractivity contribution in [1.29, 1.82) is 0 Å². The fourth-order valence-corrected chi connectivity index (χ4v) is 2.00. The minimum absolute atomic E-state index is 0.121. The third kappa shape index (κ3) is 3.34. The molecular weight excluding hydrogens is 207 g/mol. The summed E-state index contributed by atoms with van der Waals surface area (Å²) in [5.41, 5.74) is 0. The summed E-state index contributed by atoms with van der Waals surface area (Å²) in [6, 6.07) is 0.121. The van der Waals surface area contributed by atoms with Crippen molar-refractivity contribution in [3.63, 3.8) is 0 Å². The number of nitrogens with zero attached hydrogens (tertiary/aromatic N) is 1. The maximum Gasteiger partial charge on any atom is 0.415 e. The van der Waals surface area contributed by atoms with Crippen LogP contribution in [0.25, 0.3) is 0 Å². The Labute approximate surface area is 88.1 Å². The fraction of sp³-hybridized carbons (Fsp3) is 1.00. The largest absolute Gasteiger partial charge is 0.415 e. The SMILES string of the molecule is CC1CCCN(CC(O)C(F)(F)F)C1C. The number of likely N-dealkylation sites (tertiary alicyclic amines) is 1. The molecule has 0 aromatic carbocycles. The highest BCUT2D eigenvalue weighted by Gasteiger charge is 2.40. The Kier molecular flexibility index (Phi) is 4.00. The first-order chi connectivity index (χ1) is 6.82. The number of piperidine rings is 1.